The molecule has 0 radical (unpaired) electrons. The molecule has 0 aliphatic rings. The van der Waals surface area contributed by atoms with E-state index < -0.39 is 0 Å². The van der Waals surface area contributed by atoms with Crippen LogP contribution < -0.4 is 0 Å². The summed E-state index contributed by atoms with van der Waals surface area (Å²) in [5.41, 5.74) is 0.495. The summed E-state index contributed by atoms with van der Waals surface area (Å²) in [5.74, 6) is 0. The maximum Gasteiger partial charge on any atom is 0.365 e. The molecule has 0 bridgehead atoms. The van der Waals surface area contributed by atoms with Gasteiger partial charge in [-0.2, -0.15) is 0 Å². The molecule has 0 unspecified atom stereocenters. The van der Waals surface area contributed by atoms with E-state index >= 15 is 0 Å². The quantitative estimate of drug-likeness (QED) is 0.343. The average molecular weight is 153 g/mol. The van der Waals surface area contributed by atoms with E-state index in [1.54, 1.807) is 0 Å². The molecule has 0 saturated carbocycles. The predicted molar refractivity (Wildman–Crippen MR) is 45.5 cm³/mol. The molecular weight excluding hydrogens is 136 g/mol. The van der Waals surface area contributed by atoms with E-state index in [1.165, 1.54) is 9.10 Å². The number of carbonyl (C=O) groups is 1. The highest BCUT2D eigenvalue weighted by atomic mass is 24.5. The molecule has 0 amide bonds. The van der Waals surface area contributed by atoms with Gasteiger partial charge >= 0.3 is 20.4 Å². The number of hydrogen-bond acceptors (Lipinski definition) is 1. The first kappa shape index (κ1) is 10.4. The highest BCUT2D eigenvalue weighted by Gasteiger charge is 2.10. The zero-order valence-electron chi connectivity index (χ0n) is 7.31. The Hall–Kier alpha value is 0.436. The molecule has 10 heavy (non-hydrogen) atoms. The summed E-state index contributed by atoms with van der Waals surface area (Å²) in [6.07, 6.45) is 1.83. The van der Waals surface area contributed by atoms with Crippen molar-refractivity contribution in [3.05, 3.63) is 0 Å². The zero-order valence-corrected chi connectivity index (χ0v) is 8.73. The Morgan fingerprint density at radius 3 is 2.40 bits per heavy atom. The molecule has 0 aliphatic carbocycles. The van der Waals surface area contributed by atoms with Crippen LogP contribution in [-0.4, -0.2) is 26.7 Å². The van der Waals surface area contributed by atoms with Gasteiger partial charge in [0, 0.05) is 0 Å². The van der Waals surface area contributed by atoms with Gasteiger partial charge in [0.25, 0.3) is 0 Å². The van der Waals surface area contributed by atoms with Crippen molar-refractivity contribution in [2.24, 2.45) is 5.41 Å². The van der Waals surface area contributed by atoms with E-state index in [9.17, 15) is 4.79 Å². The minimum atomic E-state index is 0.0649. The molecule has 0 aliphatic heterocycles. The lowest BCUT2D eigenvalue weighted by molar-refractivity contribution is -0.107. The number of rotatable bonds is 4. The Bertz CT molecular complexity index is 93.9. The molecule has 0 saturated heterocycles. The lowest BCUT2D eigenvalue weighted by atomic mass is 10.0. The van der Waals surface area contributed by atoms with Crippen molar-refractivity contribution in [1.82, 2.24) is 0 Å². The van der Waals surface area contributed by atoms with Crippen LogP contribution >= 0.6 is 0 Å². The van der Waals surface area contributed by atoms with Crippen LogP contribution in [0, 0.1) is 5.41 Å². The van der Waals surface area contributed by atoms with Crippen molar-refractivity contribution >= 4 is 26.7 Å². The van der Waals surface area contributed by atoms with E-state index in [4.69, 9.17) is 0 Å². The van der Waals surface area contributed by atoms with E-state index in [2.05, 4.69) is 20.8 Å². The normalized spacial score (nSPS) is 10.7. The van der Waals surface area contributed by atoms with Gasteiger partial charge in [-0.3, -0.25) is 0 Å². The first-order valence-electron chi connectivity index (χ1n) is 4.00. The van der Waals surface area contributed by atoms with Gasteiger partial charge in [-0.05, 0) is 6.42 Å². The van der Waals surface area contributed by atoms with Crippen molar-refractivity contribution in [1.29, 1.82) is 0 Å². The van der Waals surface area contributed by atoms with Gasteiger partial charge in [-0.1, -0.05) is 26.2 Å². The van der Waals surface area contributed by atoms with Gasteiger partial charge in [0.2, 0.25) is 0 Å². The molecule has 0 N–H and O–H groups in total. The Kier molecular flexibility index (Phi) is 5.36. The third kappa shape index (κ3) is 8.44. The lowest BCUT2D eigenvalue weighted by Crippen LogP contribution is -2.08. The SMILES string of the molecule is CC(C)(C)[CH2][Mg][CH2]CC=O. The molecule has 0 aromatic rings. The summed E-state index contributed by atoms with van der Waals surface area (Å²) in [5, 5.41) is 0. The summed E-state index contributed by atoms with van der Waals surface area (Å²) in [7, 11) is 0. The molecular formula is C8H16MgO. The van der Waals surface area contributed by atoms with Crippen molar-refractivity contribution in [2.45, 2.75) is 36.3 Å². The monoisotopic (exact) mass is 152 g/mol. The minimum absolute atomic E-state index is 0.0649. The third-order valence-electron chi connectivity index (χ3n) is 1.50. The highest BCUT2D eigenvalue weighted by Crippen LogP contribution is 2.18. The first-order chi connectivity index (χ1) is 4.56. The van der Waals surface area contributed by atoms with Crippen LogP contribution in [0.25, 0.3) is 0 Å². The maximum atomic E-state index is 9.95. The Balaban J connectivity index is 3.12. The first-order valence-corrected chi connectivity index (χ1v) is 6.00. The van der Waals surface area contributed by atoms with Crippen LogP contribution in [-0.2, 0) is 4.79 Å². The molecule has 0 spiro atoms. The fraction of sp³-hybridized carbons (Fsp3) is 0.875. The predicted octanol–water partition coefficient (Wildman–Crippen LogP) is 2.16. The number of hydrogen-bond donors (Lipinski definition) is 0. The molecule has 56 valence electrons. The molecule has 2 heteroatoms. The van der Waals surface area contributed by atoms with E-state index in [0.717, 1.165) is 12.7 Å². The fourth-order valence-corrected chi connectivity index (χ4v) is 2.65. The van der Waals surface area contributed by atoms with Gasteiger partial charge in [0.05, 0.1) is 0 Å². The lowest BCUT2D eigenvalue weighted by Gasteiger charge is -2.16. The van der Waals surface area contributed by atoms with Crippen LogP contribution in [0.4, 0.5) is 0 Å². The van der Waals surface area contributed by atoms with E-state index in [-0.39, 0.29) is 20.4 Å². The van der Waals surface area contributed by atoms with Gasteiger partial charge < -0.3 is 4.79 Å². The second-order valence-corrected chi connectivity index (χ2v) is 5.89. The summed E-state index contributed by atoms with van der Waals surface area (Å²) in [4.78, 5) is 9.95. The number of aldehydes is 1. The van der Waals surface area contributed by atoms with Crippen molar-refractivity contribution < 1.29 is 4.79 Å². The fourth-order valence-electron chi connectivity index (χ4n) is 0.883. The summed E-state index contributed by atoms with van der Waals surface area (Å²) in [6.45, 7) is 6.79. The molecule has 0 atom stereocenters. The molecule has 0 heterocycles. The minimum Gasteiger partial charge on any atom is -0.303 e. The van der Waals surface area contributed by atoms with Gasteiger partial charge in [0.15, 0.2) is 0 Å². The van der Waals surface area contributed by atoms with Gasteiger partial charge in [0.1, 0.15) is 6.29 Å². The Morgan fingerprint density at radius 1 is 1.40 bits per heavy atom. The zero-order chi connectivity index (χ0) is 8.04. The molecule has 0 aromatic carbocycles. The Morgan fingerprint density at radius 2 is 2.00 bits per heavy atom. The Labute approximate surface area is 73.3 Å². The van der Waals surface area contributed by atoms with Crippen LogP contribution in [0.15, 0.2) is 0 Å². The van der Waals surface area contributed by atoms with Gasteiger partial charge in [-0.25, -0.2) is 0 Å². The largest absolute Gasteiger partial charge is 0.365 e. The standard InChI is InChI=1S/C5H11.C3H5O.Mg/c1-5(2,3)4;1-2-3-4;/h1H2,2-4H3;3H,1-2H2;. The smallest absolute Gasteiger partial charge is 0.303 e. The maximum absolute atomic E-state index is 9.95. The van der Waals surface area contributed by atoms with Crippen LogP contribution in [0.5, 0.6) is 0 Å². The van der Waals surface area contributed by atoms with Crippen LogP contribution in [0.2, 0.25) is 9.10 Å². The van der Waals surface area contributed by atoms with Gasteiger partial charge in [-0.15, -0.1) is 9.10 Å². The van der Waals surface area contributed by atoms with E-state index in [0.29, 0.717) is 5.41 Å². The summed E-state index contributed by atoms with van der Waals surface area (Å²) < 4.78 is 2.56. The van der Waals surface area contributed by atoms with Crippen LogP contribution in [0.1, 0.15) is 27.2 Å². The van der Waals surface area contributed by atoms with Crippen molar-refractivity contribution in [2.75, 3.05) is 0 Å². The van der Waals surface area contributed by atoms with Crippen molar-refractivity contribution in [3.8, 4) is 0 Å². The average Bonchev–Trinajstić information content (AvgIpc) is 1.78. The summed E-state index contributed by atoms with van der Waals surface area (Å²) >= 11 is 0.0649. The van der Waals surface area contributed by atoms with Crippen LogP contribution in [0.3, 0.4) is 0 Å². The highest BCUT2D eigenvalue weighted by molar-refractivity contribution is 6.35. The molecule has 0 aromatic heterocycles. The summed E-state index contributed by atoms with van der Waals surface area (Å²) in [6, 6.07) is 0. The molecule has 0 rings (SSSR count). The second-order valence-electron chi connectivity index (χ2n) is 3.97. The molecule has 1 nitrogen and oxygen atoms in total. The van der Waals surface area contributed by atoms with Crippen molar-refractivity contribution in [3.63, 3.8) is 0 Å². The number of carbonyl (C=O) groups excluding carboxylic acids is 1. The topological polar surface area (TPSA) is 17.1 Å². The molecule has 0 fully saturated rings. The second kappa shape index (κ2) is 5.13. The third-order valence-corrected chi connectivity index (χ3v) is 4.26. The van der Waals surface area contributed by atoms with E-state index in [1.807, 2.05) is 0 Å².